The molecule has 1 aromatic carbocycles. The molecule has 19 heavy (non-hydrogen) atoms. The Bertz CT molecular complexity index is 580. The third kappa shape index (κ3) is 2.94. The van der Waals surface area contributed by atoms with E-state index in [1.807, 2.05) is 31.2 Å². The van der Waals surface area contributed by atoms with Crippen LogP contribution in [0.5, 0.6) is 11.5 Å². The summed E-state index contributed by atoms with van der Waals surface area (Å²) in [7, 11) is 3.19. The first-order chi connectivity index (χ1) is 9.06. The number of aliphatic hydroxyl groups is 1. The third-order valence-electron chi connectivity index (χ3n) is 2.93. The lowest BCUT2D eigenvalue weighted by molar-refractivity contribution is 0.222. The molecule has 0 aliphatic heterocycles. The highest BCUT2D eigenvalue weighted by atomic mass is 79.9. The van der Waals surface area contributed by atoms with Gasteiger partial charge in [-0.15, -0.1) is 11.3 Å². The van der Waals surface area contributed by atoms with Gasteiger partial charge in [-0.05, 0) is 58.2 Å². The Morgan fingerprint density at radius 1 is 1.16 bits per heavy atom. The van der Waals surface area contributed by atoms with Crippen molar-refractivity contribution in [2.75, 3.05) is 14.2 Å². The zero-order valence-electron chi connectivity index (χ0n) is 10.9. The van der Waals surface area contributed by atoms with E-state index in [4.69, 9.17) is 9.47 Å². The summed E-state index contributed by atoms with van der Waals surface area (Å²) < 4.78 is 11.5. The zero-order chi connectivity index (χ0) is 14.0. The van der Waals surface area contributed by atoms with Crippen LogP contribution in [0, 0.1) is 6.92 Å². The molecule has 0 saturated carbocycles. The van der Waals surface area contributed by atoms with Crippen molar-refractivity contribution in [2.45, 2.75) is 13.0 Å². The topological polar surface area (TPSA) is 38.7 Å². The molecule has 3 nitrogen and oxygen atoms in total. The van der Waals surface area contributed by atoms with Gasteiger partial charge in [0, 0.05) is 4.88 Å². The molecule has 0 saturated heterocycles. The van der Waals surface area contributed by atoms with Crippen LogP contribution < -0.4 is 9.47 Å². The molecule has 102 valence electrons. The molecule has 0 fully saturated rings. The number of rotatable bonds is 4. The van der Waals surface area contributed by atoms with Crippen molar-refractivity contribution < 1.29 is 14.6 Å². The Balaban J connectivity index is 2.44. The third-order valence-corrected chi connectivity index (χ3v) is 4.61. The molecular weight excluding hydrogens is 328 g/mol. The first-order valence-electron chi connectivity index (χ1n) is 5.72. The maximum absolute atomic E-state index is 10.5. The van der Waals surface area contributed by atoms with Gasteiger partial charge in [-0.3, -0.25) is 0 Å². The average molecular weight is 343 g/mol. The second kappa shape index (κ2) is 5.94. The molecule has 1 unspecified atom stereocenters. The molecule has 0 bridgehead atoms. The number of hydrogen-bond donors (Lipinski definition) is 1. The fourth-order valence-electron chi connectivity index (χ4n) is 1.92. The summed E-state index contributed by atoms with van der Waals surface area (Å²) in [5.41, 5.74) is 1.79. The quantitative estimate of drug-likeness (QED) is 0.915. The number of aryl methyl sites for hydroxylation is 1. The van der Waals surface area contributed by atoms with Crippen LogP contribution >= 0.6 is 27.3 Å². The van der Waals surface area contributed by atoms with Crippen molar-refractivity contribution in [3.63, 3.8) is 0 Å². The van der Waals surface area contributed by atoms with E-state index in [0.29, 0.717) is 11.5 Å². The molecular formula is C14H15BrO3S. The van der Waals surface area contributed by atoms with Gasteiger partial charge >= 0.3 is 0 Å². The minimum absolute atomic E-state index is 0.623. The van der Waals surface area contributed by atoms with Gasteiger partial charge in [0.2, 0.25) is 0 Å². The van der Waals surface area contributed by atoms with Crippen molar-refractivity contribution in [1.29, 1.82) is 0 Å². The fraction of sp³-hybridized carbons (Fsp3) is 0.286. The Labute approximate surface area is 124 Å². The molecule has 1 atom stereocenters. The molecule has 0 amide bonds. The fourth-order valence-corrected chi connectivity index (χ4v) is 3.35. The maximum atomic E-state index is 10.5. The van der Waals surface area contributed by atoms with Crippen LogP contribution in [0.25, 0.3) is 0 Å². The van der Waals surface area contributed by atoms with Crippen LogP contribution in [0.2, 0.25) is 0 Å². The van der Waals surface area contributed by atoms with Crippen LogP contribution in [-0.2, 0) is 0 Å². The van der Waals surface area contributed by atoms with Crippen molar-refractivity contribution in [3.8, 4) is 11.5 Å². The molecule has 0 aliphatic carbocycles. The monoisotopic (exact) mass is 342 g/mol. The van der Waals surface area contributed by atoms with E-state index in [9.17, 15) is 5.11 Å². The number of ether oxygens (including phenoxy) is 2. The summed E-state index contributed by atoms with van der Waals surface area (Å²) in [6.07, 6.45) is -0.656. The van der Waals surface area contributed by atoms with Gasteiger partial charge in [0.25, 0.3) is 0 Å². The lowest BCUT2D eigenvalue weighted by Crippen LogP contribution is -2.02. The van der Waals surface area contributed by atoms with Gasteiger partial charge in [0.15, 0.2) is 11.5 Å². The van der Waals surface area contributed by atoms with E-state index in [2.05, 4.69) is 15.9 Å². The minimum Gasteiger partial charge on any atom is -0.493 e. The van der Waals surface area contributed by atoms with E-state index in [-0.39, 0.29) is 0 Å². The number of methoxy groups -OCH3 is 2. The number of benzene rings is 1. The van der Waals surface area contributed by atoms with Gasteiger partial charge in [-0.25, -0.2) is 0 Å². The largest absolute Gasteiger partial charge is 0.493 e. The second-order valence-electron chi connectivity index (χ2n) is 4.11. The zero-order valence-corrected chi connectivity index (χ0v) is 13.3. The molecule has 5 heteroatoms. The highest BCUT2D eigenvalue weighted by Gasteiger charge is 2.18. The summed E-state index contributed by atoms with van der Waals surface area (Å²) in [6, 6.07) is 7.54. The number of aliphatic hydroxyl groups excluding tert-OH is 1. The van der Waals surface area contributed by atoms with Crippen molar-refractivity contribution in [2.24, 2.45) is 0 Å². The lowest BCUT2D eigenvalue weighted by Gasteiger charge is -2.16. The molecule has 1 N–H and O–H groups in total. The first kappa shape index (κ1) is 14.4. The first-order valence-corrected chi connectivity index (χ1v) is 7.33. The smallest absolute Gasteiger partial charge is 0.161 e. The van der Waals surface area contributed by atoms with Gasteiger partial charge in [0.05, 0.1) is 18.0 Å². The number of hydrogen-bond acceptors (Lipinski definition) is 4. The van der Waals surface area contributed by atoms with Gasteiger partial charge < -0.3 is 14.6 Å². The summed E-state index contributed by atoms with van der Waals surface area (Å²) >= 11 is 4.92. The van der Waals surface area contributed by atoms with E-state index in [1.54, 1.807) is 14.2 Å². The second-order valence-corrected chi connectivity index (χ2v) is 6.60. The Morgan fingerprint density at radius 3 is 2.32 bits per heavy atom. The van der Waals surface area contributed by atoms with Gasteiger partial charge in [0.1, 0.15) is 6.10 Å². The number of halogens is 1. The Kier molecular flexibility index (Phi) is 4.50. The minimum atomic E-state index is -0.656. The summed E-state index contributed by atoms with van der Waals surface area (Å²) in [4.78, 5) is 0.891. The Hall–Kier alpha value is -1.04. The molecule has 2 rings (SSSR count). The van der Waals surface area contributed by atoms with Gasteiger partial charge in [-0.2, -0.15) is 0 Å². The Morgan fingerprint density at radius 2 is 1.79 bits per heavy atom. The normalized spacial score (nSPS) is 12.3. The van der Waals surface area contributed by atoms with Crippen LogP contribution in [0.3, 0.4) is 0 Å². The van der Waals surface area contributed by atoms with E-state index in [1.165, 1.54) is 11.3 Å². The molecule has 1 aromatic heterocycles. The van der Waals surface area contributed by atoms with E-state index >= 15 is 0 Å². The molecule has 0 spiro atoms. The van der Waals surface area contributed by atoms with Crippen molar-refractivity contribution >= 4 is 27.3 Å². The molecule has 0 aliphatic rings. The molecule has 1 heterocycles. The highest BCUT2D eigenvalue weighted by molar-refractivity contribution is 9.11. The molecule has 2 aromatic rings. The molecule has 0 radical (unpaired) electrons. The number of thiophene rings is 1. The average Bonchev–Trinajstić information content (AvgIpc) is 2.84. The van der Waals surface area contributed by atoms with Crippen LogP contribution in [0.4, 0.5) is 0 Å². The van der Waals surface area contributed by atoms with E-state index < -0.39 is 6.10 Å². The van der Waals surface area contributed by atoms with Crippen molar-refractivity contribution in [3.05, 3.63) is 44.1 Å². The highest BCUT2D eigenvalue weighted by Crippen LogP contribution is 2.37. The summed E-state index contributed by atoms with van der Waals surface area (Å²) in [5.74, 6) is 1.29. The van der Waals surface area contributed by atoms with Crippen LogP contribution in [-0.4, -0.2) is 19.3 Å². The summed E-state index contributed by atoms with van der Waals surface area (Å²) in [5, 5.41) is 10.5. The predicted octanol–water partition coefficient (Wildman–Crippen LogP) is 3.92. The predicted molar refractivity (Wildman–Crippen MR) is 80.4 cm³/mol. The SMILES string of the molecule is COc1cc(C)c(C(O)c2ccc(Br)s2)cc1OC. The van der Waals surface area contributed by atoms with Gasteiger partial charge in [-0.1, -0.05) is 0 Å². The summed E-state index contributed by atoms with van der Waals surface area (Å²) in [6.45, 7) is 1.95. The van der Waals surface area contributed by atoms with Crippen LogP contribution in [0.15, 0.2) is 28.1 Å². The maximum Gasteiger partial charge on any atom is 0.161 e. The lowest BCUT2D eigenvalue weighted by atomic mass is 10.0. The van der Waals surface area contributed by atoms with Crippen LogP contribution in [0.1, 0.15) is 22.1 Å². The standard InChI is InChI=1S/C14H15BrO3S/c1-8-6-10(17-2)11(18-3)7-9(8)14(16)12-4-5-13(15)19-12/h4-7,14,16H,1-3H3. The van der Waals surface area contributed by atoms with E-state index in [0.717, 1.165) is 19.8 Å². The van der Waals surface area contributed by atoms with Crippen molar-refractivity contribution in [1.82, 2.24) is 0 Å².